The monoisotopic (exact) mass is 299 g/mol. The van der Waals surface area contributed by atoms with Crippen molar-refractivity contribution in [1.82, 2.24) is 9.88 Å². The molecule has 2 aliphatic rings. The predicted molar refractivity (Wildman–Crippen MR) is 73.7 cm³/mol. The Morgan fingerprint density at radius 1 is 1.47 bits per heavy atom. The van der Waals surface area contributed by atoms with Gasteiger partial charge < -0.3 is 10.0 Å². The molecule has 3 rings (SSSR count). The third kappa shape index (κ3) is 2.69. The number of rotatable bonds is 3. The highest BCUT2D eigenvalue weighted by molar-refractivity contribution is 7.99. The summed E-state index contributed by atoms with van der Waals surface area (Å²) in [4.78, 5) is 28.7. The quantitative estimate of drug-likeness (QED) is 0.892. The van der Waals surface area contributed by atoms with E-state index >= 15 is 0 Å². The Hall–Kier alpha value is -1.28. The van der Waals surface area contributed by atoms with Gasteiger partial charge in [-0.15, -0.1) is 23.1 Å². The highest BCUT2D eigenvalue weighted by Crippen LogP contribution is 2.40. The van der Waals surface area contributed by atoms with E-state index < -0.39 is 12.0 Å². The molecule has 2 N–H and O–H groups in total. The lowest BCUT2D eigenvalue weighted by Crippen LogP contribution is -2.43. The van der Waals surface area contributed by atoms with Crippen LogP contribution in [0.2, 0.25) is 0 Å². The van der Waals surface area contributed by atoms with E-state index in [4.69, 9.17) is 5.11 Å². The molecule has 1 aromatic heterocycles. The number of hydrogen-bond donors (Lipinski definition) is 2. The van der Waals surface area contributed by atoms with Crippen LogP contribution in [0, 0.1) is 0 Å². The zero-order valence-electron chi connectivity index (χ0n) is 10.0. The lowest BCUT2D eigenvalue weighted by atomic mass is 10.3. The molecule has 1 aromatic rings. The van der Waals surface area contributed by atoms with E-state index in [0.29, 0.717) is 22.7 Å². The second kappa shape index (κ2) is 5.01. The summed E-state index contributed by atoms with van der Waals surface area (Å²) in [6.07, 6.45) is 2.34. The van der Waals surface area contributed by atoms with Crippen LogP contribution in [0.1, 0.15) is 24.5 Å². The van der Waals surface area contributed by atoms with Crippen LogP contribution in [-0.2, 0) is 4.79 Å². The van der Waals surface area contributed by atoms with Crippen LogP contribution in [-0.4, -0.2) is 44.7 Å². The number of carboxylic acids is 1. The average molecular weight is 299 g/mol. The Labute approximate surface area is 118 Å². The average Bonchev–Trinajstić information content (AvgIpc) is 2.92. The van der Waals surface area contributed by atoms with Gasteiger partial charge in [0.1, 0.15) is 6.04 Å². The minimum absolute atomic E-state index is 0.380. The Morgan fingerprint density at radius 2 is 2.26 bits per heavy atom. The van der Waals surface area contributed by atoms with Crippen molar-refractivity contribution in [3.63, 3.8) is 0 Å². The summed E-state index contributed by atoms with van der Waals surface area (Å²) in [5.74, 6) is 0.436. The van der Waals surface area contributed by atoms with Gasteiger partial charge in [0.25, 0.3) is 0 Å². The summed E-state index contributed by atoms with van der Waals surface area (Å²) >= 11 is 2.84. The van der Waals surface area contributed by atoms with E-state index in [1.54, 1.807) is 0 Å². The van der Waals surface area contributed by atoms with Crippen LogP contribution < -0.4 is 5.32 Å². The molecule has 19 heavy (non-hydrogen) atoms. The predicted octanol–water partition coefficient (Wildman–Crippen LogP) is 2.01. The largest absolute Gasteiger partial charge is 0.480 e. The zero-order chi connectivity index (χ0) is 13.4. The van der Waals surface area contributed by atoms with Crippen molar-refractivity contribution < 1.29 is 14.7 Å². The highest BCUT2D eigenvalue weighted by atomic mass is 32.2. The number of urea groups is 1. The Kier molecular flexibility index (Phi) is 3.36. The first-order valence-electron chi connectivity index (χ1n) is 5.99. The number of aromatic nitrogens is 1. The SMILES string of the molecule is O=C(O)[C@@H]1CSCN1C(=O)Nc1nc(C2CC2)cs1. The van der Waals surface area contributed by atoms with Crippen LogP contribution in [0.15, 0.2) is 5.38 Å². The van der Waals surface area contributed by atoms with Crippen molar-refractivity contribution in [2.45, 2.75) is 24.8 Å². The normalized spacial score (nSPS) is 22.5. The summed E-state index contributed by atoms with van der Waals surface area (Å²) < 4.78 is 0. The van der Waals surface area contributed by atoms with Crippen molar-refractivity contribution in [3.8, 4) is 0 Å². The van der Waals surface area contributed by atoms with Crippen LogP contribution >= 0.6 is 23.1 Å². The van der Waals surface area contributed by atoms with Crippen LogP contribution in [0.5, 0.6) is 0 Å². The van der Waals surface area contributed by atoms with E-state index in [9.17, 15) is 9.59 Å². The first kappa shape index (κ1) is 12.7. The molecule has 1 atom stereocenters. The molecular formula is C11H13N3O3S2. The molecule has 1 saturated heterocycles. The molecule has 2 fully saturated rings. The van der Waals surface area contributed by atoms with Crippen molar-refractivity contribution in [2.24, 2.45) is 0 Å². The van der Waals surface area contributed by atoms with E-state index in [0.717, 1.165) is 5.69 Å². The standard InChI is InChI=1S/C11H13N3O3S2/c15-9(16)8-4-18-5-14(8)11(17)13-10-12-7(3-19-10)6-1-2-6/h3,6,8H,1-2,4-5H2,(H,15,16)(H,12,13,17)/t8-/m0/s1. The third-order valence-corrected chi connectivity index (χ3v) is 4.95. The van der Waals surface area contributed by atoms with E-state index in [1.807, 2.05) is 5.38 Å². The van der Waals surface area contributed by atoms with Gasteiger partial charge in [-0.1, -0.05) is 0 Å². The number of carbonyl (C=O) groups is 2. The molecule has 1 saturated carbocycles. The minimum Gasteiger partial charge on any atom is -0.480 e. The van der Waals surface area contributed by atoms with Gasteiger partial charge in [0.05, 0.1) is 11.6 Å². The number of amides is 2. The summed E-state index contributed by atoms with van der Waals surface area (Å²) in [6, 6.07) is -1.12. The van der Waals surface area contributed by atoms with Gasteiger partial charge >= 0.3 is 12.0 Å². The second-order valence-corrected chi connectivity index (χ2v) is 6.46. The fraction of sp³-hybridized carbons (Fsp3) is 0.545. The molecular weight excluding hydrogens is 286 g/mol. The maximum absolute atomic E-state index is 12.0. The highest BCUT2D eigenvalue weighted by Gasteiger charge is 2.35. The molecule has 8 heteroatoms. The van der Waals surface area contributed by atoms with E-state index in [2.05, 4.69) is 10.3 Å². The van der Waals surface area contributed by atoms with Gasteiger partial charge in [0.2, 0.25) is 0 Å². The molecule has 0 radical (unpaired) electrons. The molecule has 0 aromatic carbocycles. The number of thioether (sulfide) groups is 1. The zero-order valence-corrected chi connectivity index (χ0v) is 11.7. The molecule has 1 aliphatic heterocycles. The third-order valence-electron chi connectivity index (χ3n) is 3.16. The second-order valence-electron chi connectivity index (χ2n) is 4.61. The Bertz CT molecular complexity index is 515. The van der Waals surface area contributed by atoms with Gasteiger partial charge in [-0.05, 0) is 12.8 Å². The van der Waals surface area contributed by atoms with Gasteiger partial charge in [0, 0.05) is 17.1 Å². The lowest BCUT2D eigenvalue weighted by Gasteiger charge is -2.19. The smallest absolute Gasteiger partial charge is 0.327 e. The number of carboxylic acid groups (broad SMARTS) is 1. The topological polar surface area (TPSA) is 82.5 Å². The van der Waals surface area contributed by atoms with Gasteiger partial charge in [-0.2, -0.15) is 0 Å². The number of nitrogens with zero attached hydrogens (tertiary/aromatic N) is 2. The van der Waals surface area contributed by atoms with Crippen molar-refractivity contribution in [2.75, 3.05) is 16.9 Å². The first-order chi connectivity index (χ1) is 9.15. The number of anilines is 1. The molecule has 2 amide bonds. The van der Waals surface area contributed by atoms with Crippen molar-refractivity contribution >= 4 is 40.2 Å². The fourth-order valence-corrected chi connectivity index (χ4v) is 3.85. The maximum atomic E-state index is 12.0. The number of thiazole rings is 1. The summed E-state index contributed by atoms with van der Waals surface area (Å²) in [5.41, 5.74) is 1.03. The maximum Gasteiger partial charge on any atom is 0.327 e. The molecule has 2 heterocycles. The van der Waals surface area contributed by atoms with Gasteiger partial charge in [-0.3, -0.25) is 5.32 Å². The first-order valence-corrected chi connectivity index (χ1v) is 8.02. The van der Waals surface area contributed by atoms with E-state index in [1.165, 1.54) is 40.8 Å². The summed E-state index contributed by atoms with van der Waals surface area (Å²) in [6.45, 7) is 0. The fourth-order valence-electron chi connectivity index (χ4n) is 1.92. The number of nitrogens with one attached hydrogen (secondary N) is 1. The van der Waals surface area contributed by atoms with Crippen LogP contribution in [0.25, 0.3) is 0 Å². The number of aliphatic carboxylic acids is 1. The summed E-state index contributed by atoms with van der Waals surface area (Å²) in [5, 5.41) is 14.2. The minimum atomic E-state index is -0.960. The molecule has 0 bridgehead atoms. The summed E-state index contributed by atoms with van der Waals surface area (Å²) in [7, 11) is 0. The lowest BCUT2D eigenvalue weighted by molar-refractivity contribution is -0.140. The van der Waals surface area contributed by atoms with Crippen LogP contribution in [0.3, 0.4) is 0 Å². The van der Waals surface area contributed by atoms with Crippen LogP contribution in [0.4, 0.5) is 9.93 Å². The van der Waals surface area contributed by atoms with Crippen molar-refractivity contribution in [3.05, 3.63) is 11.1 Å². The van der Waals surface area contributed by atoms with Gasteiger partial charge in [0.15, 0.2) is 5.13 Å². The molecule has 102 valence electrons. The molecule has 1 aliphatic carbocycles. The Morgan fingerprint density at radius 3 is 2.95 bits per heavy atom. The molecule has 0 spiro atoms. The van der Waals surface area contributed by atoms with E-state index in [-0.39, 0.29) is 6.03 Å². The molecule has 0 unspecified atom stereocenters. The van der Waals surface area contributed by atoms with Gasteiger partial charge in [-0.25, -0.2) is 14.6 Å². The van der Waals surface area contributed by atoms with Crippen molar-refractivity contribution in [1.29, 1.82) is 0 Å². The molecule has 6 nitrogen and oxygen atoms in total. The Balaban J connectivity index is 1.64. The number of hydrogen-bond acceptors (Lipinski definition) is 5. The number of carbonyl (C=O) groups excluding carboxylic acids is 1.